The maximum absolute atomic E-state index is 5.79. The van der Waals surface area contributed by atoms with Gasteiger partial charge in [0.15, 0.2) is 0 Å². The largest absolute Gasteiger partial charge is 0.375 e. The first-order valence-corrected chi connectivity index (χ1v) is 8.78. The summed E-state index contributed by atoms with van der Waals surface area (Å²) in [7, 11) is 0. The van der Waals surface area contributed by atoms with Crippen LogP contribution in [0.15, 0.2) is 0 Å². The molecule has 0 aromatic carbocycles. The Bertz CT molecular complexity index is 693. The van der Waals surface area contributed by atoms with Gasteiger partial charge < -0.3 is 10.1 Å². The van der Waals surface area contributed by atoms with Gasteiger partial charge in [-0.25, -0.2) is 9.97 Å². The van der Waals surface area contributed by atoms with Crippen LogP contribution < -0.4 is 5.32 Å². The fourth-order valence-electron chi connectivity index (χ4n) is 3.33. The fraction of sp³-hybridized carbons (Fsp3) is 0.647. The highest BCUT2D eigenvalue weighted by Gasteiger charge is 2.28. The molecule has 0 aliphatic carbocycles. The van der Waals surface area contributed by atoms with Crippen LogP contribution in [0.5, 0.6) is 0 Å². The van der Waals surface area contributed by atoms with E-state index >= 15 is 0 Å². The van der Waals surface area contributed by atoms with Crippen LogP contribution >= 0.6 is 11.3 Å². The van der Waals surface area contributed by atoms with Gasteiger partial charge in [0.2, 0.25) is 0 Å². The first-order valence-electron chi connectivity index (χ1n) is 7.96. The van der Waals surface area contributed by atoms with Gasteiger partial charge in [-0.15, -0.1) is 11.3 Å². The molecule has 1 fully saturated rings. The summed E-state index contributed by atoms with van der Waals surface area (Å²) in [5.74, 6) is 0.858. The average molecular weight is 319 g/mol. The van der Waals surface area contributed by atoms with E-state index in [0.29, 0.717) is 6.04 Å². The number of hydrogen-bond donors (Lipinski definition) is 1. The van der Waals surface area contributed by atoms with Gasteiger partial charge in [0, 0.05) is 35.2 Å². The number of hydrogen-bond acceptors (Lipinski definition) is 5. The number of nitrogens with zero attached hydrogens (tertiary/aromatic N) is 2. The van der Waals surface area contributed by atoms with Gasteiger partial charge in [-0.3, -0.25) is 0 Å². The van der Waals surface area contributed by atoms with Crippen LogP contribution in [0.25, 0.3) is 10.2 Å². The average Bonchev–Trinajstić information content (AvgIpc) is 2.72. The van der Waals surface area contributed by atoms with Crippen LogP contribution in [0.1, 0.15) is 48.6 Å². The van der Waals surface area contributed by atoms with E-state index in [1.54, 1.807) is 11.3 Å². The van der Waals surface area contributed by atoms with Gasteiger partial charge >= 0.3 is 0 Å². The lowest BCUT2D eigenvalue weighted by atomic mass is 9.94. The molecule has 1 aliphatic heterocycles. The van der Waals surface area contributed by atoms with Gasteiger partial charge in [-0.05, 0) is 53.0 Å². The van der Waals surface area contributed by atoms with Crippen LogP contribution in [0, 0.1) is 20.8 Å². The number of fused-ring (bicyclic) bond motifs is 1. The standard InChI is InChI=1S/C17H25N3OS/c1-10-14(9-18-13-6-7-21-17(4,5)8-13)22-16-15(10)11(2)19-12(3)20-16/h13,18H,6-9H2,1-5H3. The second-order valence-electron chi connectivity index (χ2n) is 6.87. The Balaban J connectivity index is 1.77. The highest BCUT2D eigenvalue weighted by atomic mass is 32.1. The normalized spacial score (nSPS) is 21.4. The molecule has 3 heterocycles. The second kappa shape index (κ2) is 5.87. The molecule has 2 aromatic heterocycles. The maximum Gasteiger partial charge on any atom is 0.127 e. The Hall–Kier alpha value is -1.04. The highest BCUT2D eigenvalue weighted by Crippen LogP contribution is 2.31. The van der Waals surface area contributed by atoms with E-state index in [9.17, 15) is 0 Å². The predicted octanol–water partition coefficient (Wildman–Crippen LogP) is 3.66. The summed E-state index contributed by atoms with van der Waals surface area (Å²) < 4.78 is 5.79. The van der Waals surface area contributed by atoms with E-state index in [0.717, 1.165) is 42.3 Å². The number of aromatic nitrogens is 2. The quantitative estimate of drug-likeness (QED) is 0.938. The zero-order chi connectivity index (χ0) is 15.9. The van der Waals surface area contributed by atoms with E-state index in [1.807, 2.05) is 6.92 Å². The summed E-state index contributed by atoms with van der Waals surface area (Å²) in [6.45, 7) is 12.3. The van der Waals surface area contributed by atoms with Gasteiger partial charge in [-0.1, -0.05) is 0 Å². The Labute approximate surface area is 136 Å². The van der Waals surface area contributed by atoms with Crippen LogP contribution in [-0.2, 0) is 11.3 Å². The van der Waals surface area contributed by atoms with Crippen molar-refractivity contribution in [3.8, 4) is 0 Å². The molecule has 0 spiro atoms. The first-order chi connectivity index (χ1) is 10.4. The van der Waals surface area contributed by atoms with Crippen molar-refractivity contribution in [3.05, 3.63) is 22.0 Å². The summed E-state index contributed by atoms with van der Waals surface area (Å²) in [5.41, 5.74) is 2.41. The molecule has 22 heavy (non-hydrogen) atoms. The number of thiophene rings is 1. The van der Waals surface area contributed by atoms with Crippen LogP contribution in [-0.4, -0.2) is 28.2 Å². The molecular weight excluding hydrogens is 294 g/mol. The summed E-state index contributed by atoms with van der Waals surface area (Å²) in [5, 5.41) is 4.95. The van der Waals surface area contributed by atoms with Gasteiger partial charge in [0.05, 0.1) is 5.60 Å². The molecule has 1 unspecified atom stereocenters. The van der Waals surface area contributed by atoms with Gasteiger partial charge in [-0.2, -0.15) is 0 Å². The first kappa shape index (κ1) is 15.8. The smallest absolute Gasteiger partial charge is 0.127 e. The topological polar surface area (TPSA) is 47.0 Å². The van der Waals surface area contributed by atoms with Crippen molar-refractivity contribution in [3.63, 3.8) is 0 Å². The molecule has 0 bridgehead atoms. The van der Waals surface area contributed by atoms with Crippen molar-refractivity contribution >= 4 is 21.6 Å². The van der Waals surface area contributed by atoms with Crippen molar-refractivity contribution in [2.45, 2.75) is 65.6 Å². The molecule has 4 nitrogen and oxygen atoms in total. The zero-order valence-corrected chi connectivity index (χ0v) is 14.9. The number of rotatable bonds is 3. The Morgan fingerprint density at radius 2 is 2.05 bits per heavy atom. The van der Waals surface area contributed by atoms with E-state index in [-0.39, 0.29) is 5.60 Å². The lowest BCUT2D eigenvalue weighted by Gasteiger charge is -2.36. The van der Waals surface area contributed by atoms with Crippen molar-refractivity contribution in [2.75, 3.05) is 6.61 Å². The molecule has 120 valence electrons. The molecule has 5 heteroatoms. The minimum atomic E-state index is -0.00962. The molecule has 0 saturated carbocycles. The van der Waals surface area contributed by atoms with E-state index in [4.69, 9.17) is 4.74 Å². The second-order valence-corrected chi connectivity index (χ2v) is 7.95. The molecule has 2 aromatic rings. The van der Waals surface area contributed by atoms with Crippen molar-refractivity contribution < 1.29 is 4.74 Å². The summed E-state index contributed by atoms with van der Waals surface area (Å²) >= 11 is 1.80. The van der Waals surface area contributed by atoms with E-state index in [1.165, 1.54) is 15.8 Å². The minimum absolute atomic E-state index is 0.00962. The molecule has 1 aliphatic rings. The molecule has 3 rings (SSSR count). The van der Waals surface area contributed by atoms with E-state index in [2.05, 4.69) is 43.0 Å². The lowest BCUT2D eigenvalue weighted by Crippen LogP contribution is -2.43. The number of nitrogens with one attached hydrogen (secondary N) is 1. The number of ether oxygens (including phenoxy) is 1. The van der Waals surface area contributed by atoms with Crippen LogP contribution in [0.2, 0.25) is 0 Å². The monoisotopic (exact) mass is 319 g/mol. The lowest BCUT2D eigenvalue weighted by molar-refractivity contribution is -0.0630. The summed E-state index contributed by atoms with van der Waals surface area (Å²) in [6, 6.07) is 0.530. The minimum Gasteiger partial charge on any atom is -0.375 e. The molecule has 0 radical (unpaired) electrons. The molecular formula is C17H25N3OS. The Morgan fingerprint density at radius 1 is 1.27 bits per heavy atom. The summed E-state index contributed by atoms with van der Waals surface area (Å²) in [6.07, 6.45) is 2.15. The SMILES string of the molecule is Cc1nc(C)c2c(C)c(CNC3CCOC(C)(C)C3)sc2n1. The maximum atomic E-state index is 5.79. The van der Waals surface area contributed by atoms with E-state index < -0.39 is 0 Å². The Kier molecular flexibility index (Phi) is 4.23. The van der Waals surface area contributed by atoms with Crippen LogP contribution in [0.4, 0.5) is 0 Å². The van der Waals surface area contributed by atoms with Crippen molar-refractivity contribution in [2.24, 2.45) is 0 Å². The van der Waals surface area contributed by atoms with Crippen LogP contribution in [0.3, 0.4) is 0 Å². The number of aryl methyl sites for hydroxylation is 3. The third-order valence-corrected chi connectivity index (χ3v) is 5.62. The van der Waals surface area contributed by atoms with Crippen molar-refractivity contribution in [1.82, 2.24) is 15.3 Å². The predicted molar refractivity (Wildman–Crippen MR) is 91.5 cm³/mol. The molecule has 1 saturated heterocycles. The summed E-state index contributed by atoms with van der Waals surface area (Å²) in [4.78, 5) is 11.6. The third-order valence-electron chi connectivity index (χ3n) is 4.43. The highest BCUT2D eigenvalue weighted by molar-refractivity contribution is 7.18. The molecule has 1 atom stereocenters. The molecule has 0 amide bonds. The van der Waals surface area contributed by atoms with Crippen molar-refractivity contribution in [1.29, 1.82) is 0 Å². The van der Waals surface area contributed by atoms with Gasteiger partial charge in [0.1, 0.15) is 10.7 Å². The zero-order valence-electron chi connectivity index (χ0n) is 14.1. The third kappa shape index (κ3) is 3.16. The fourth-order valence-corrected chi connectivity index (χ4v) is 4.56. The van der Waals surface area contributed by atoms with Gasteiger partial charge in [0.25, 0.3) is 0 Å². The molecule has 1 N–H and O–H groups in total. The Morgan fingerprint density at radius 3 is 2.77 bits per heavy atom.